The second kappa shape index (κ2) is 5.61. The number of benzene rings is 1. The van der Waals surface area contributed by atoms with Crippen LogP contribution in [0.3, 0.4) is 0 Å². The second-order valence-electron chi connectivity index (χ2n) is 4.74. The number of nitrogens with two attached hydrogens (primary N) is 1. The standard InChI is InChI=1S/C13H15BrN2O3/c14-9-3-4-10(13(15)19)11(5-9)16(7-12(17)18)6-8-1-2-8/h3-5,8H,1-2,6-7H2,(H2,15,19)(H,17,18). The molecule has 0 atom stereocenters. The van der Waals surface area contributed by atoms with Gasteiger partial charge in [-0.3, -0.25) is 9.59 Å². The highest BCUT2D eigenvalue weighted by Gasteiger charge is 2.27. The molecule has 2 rings (SSSR count). The van der Waals surface area contributed by atoms with Gasteiger partial charge in [0.2, 0.25) is 0 Å². The molecule has 1 aliphatic rings. The molecule has 1 aromatic carbocycles. The van der Waals surface area contributed by atoms with Gasteiger partial charge in [-0.15, -0.1) is 0 Å². The van der Waals surface area contributed by atoms with Gasteiger partial charge in [0.25, 0.3) is 5.91 Å². The molecule has 0 aliphatic heterocycles. The average Bonchev–Trinajstić information content (AvgIpc) is 3.11. The number of hydrogen-bond acceptors (Lipinski definition) is 3. The van der Waals surface area contributed by atoms with Crippen molar-refractivity contribution in [2.75, 3.05) is 18.0 Å². The Morgan fingerprint density at radius 3 is 2.63 bits per heavy atom. The van der Waals surface area contributed by atoms with E-state index in [0.29, 0.717) is 23.7 Å². The molecule has 19 heavy (non-hydrogen) atoms. The summed E-state index contributed by atoms with van der Waals surface area (Å²) in [5.74, 6) is -0.955. The first-order valence-electron chi connectivity index (χ1n) is 6.03. The third kappa shape index (κ3) is 3.70. The Bertz CT molecular complexity index is 515. The lowest BCUT2D eigenvalue weighted by molar-refractivity contribution is -0.135. The molecule has 1 fully saturated rings. The molecular weight excluding hydrogens is 312 g/mol. The van der Waals surface area contributed by atoms with Crippen LogP contribution in [0.5, 0.6) is 0 Å². The zero-order chi connectivity index (χ0) is 14.0. The van der Waals surface area contributed by atoms with E-state index in [-0.39, 0.29) is 6.54 Å². The van der Waals surface area contributed by atoms with Crippen LogP contribution in [0, 0.1) is 5.92 Å². The van der Waals surface area contributed by atoms with Gasteiger partial charge in [-0.2, -0.15) is 0 Å². The minimum atomic E-state index is -0.920. The fourth-order valence-electron chi connectivity index (χ4n) is 2.00. The van der Waals surface area contributed by atoms with E-state index in [9.17, 15) is 9.59 Å². The molecule has 0 radical (unpaired) electrons. The summed E-state index contributed by atoms with van der Waals surface area (Å²) in [5.41, 5.74) is 6.28. The lowest BCUT2D eigenvalue weighted by Crippen LogP contribution is -2.33. The number of nitrogens with zero attached hydrogens (tertiary/aromatic N) is 1. The molecule has 0 spiro atoms. The van der Waals surface area contributed by atoms with E-state index >= 15 is 0 Å². The highest BCUT2D eigenvalue weighted by molar-refractivity contribution is 9.10. The molecular formula is C13H15BrN2O3. The van der Waals surface area contributed by atoms with Crippen LogP contribution in [0.25, 0.3) is 0 Å². The van der Waals surface area contributed by atoms with Crippen molar-refractivity contribution in [3.63, 3.8) is 0 Å². The van der Waals surface area contributed by atoms with Crippen molar-refractivity contribution >= 4 is 33.5 Å². The Kier molecular flexibility index (Phi) is 4.09. The molecule has 1 aliphatic carbocycles. The fourth-order valence-corrected chi connectivity index (χ4v) is 2.35. The smallest absolute Gasteiger partial charge is 0.323 e. The zero-order valence-corrected chi connectivity index (χ0v) is 11.9. The maximum atomic E-state index is 11.5. The van der Waals surface area contributed by atoms with E-state index < -0.39 is 11.9 Å². The van der Waals surface area contributed by atoms with E-state index in [1.807, 2.05) is 0 Å². The highest BCUT2D eigenvalue weighted by atomic mass is 79.9. The topological polar surface area (TPSA) is 83.6 Å². The molecule has 6 heteroatoms. The number of aliphatic carboxylic acids is 1. The summed E-state index contributed by atoms with van der Waals surface area (Å²) < 4.78 is 0.790. The minimum absolute atomic E-state index is 0.132. The number of halogens is 1. The van der Waals surface area contributed by atoms with Crippen molar-refractivity contribution in [3.8, 4) is 0 Å². The van der Waals surface area contributed by atoms with Crippen LogP contribution < -0.4 is 10.6 Å². The molecule has 0 aromatic heterocycles. The van der Waals surface area contributed by atoms with Gasteiger partial charge in [-0.1, -0.05) is 15.9 Å². The fraction of sp³-hybridized carbons (Fsp3) is 0.385. The normalized spacial score (nSPS) is 14.2. The summed E-state index contributed by atoms with van der Waals surface area (Å²) in [6, 6.07) is 5.08. The number of primary amides is 1. The van der Waals surface area contributed by atoms with Crippen molar-refractivity contribution in [1.29, 1.82) is 0 Å². The molecule has 0 unspecified atom stereocenters. The second-order valence-corrected chi connectivity index (χ2v) is 5.66. The van der Waals surface area contributed by atoms with Crippen molar-refractivity contribution in [3.05, 3.63) is 28.2 Å². The van der Waals surface area contributed by atoms with Crippen LogP contribution in [0.4, 0.5) is 5.69 Å². The van der Waals surface area contributed by atoms with Gasteiger partial charge < -0.3 is 15.7 Å². The van der Waals surface area contributed by atoms with Crippen molar-refractivity contribution in [1.82, 2.24) is 0 Å². The van der Waals surface area contributed by atoms with Crippen molar-refractivity contribution in [2.45, 2.75) is 12.8 Å². The van der Waals surface area contributed by atoms with Gasteiger partial charge in [0.05, 0.1) is 11.3 Å². The molecule has 1 amide bonds. The molecule has 1 aromatic rings. The van der Waals surface area contributed by atoms with Gasteiger partial charge in [0, 0.05) is 11.0 Å². The SMILES string of the molecule is NC(=O)c1ccc(Br)cc1N(CC(=O)O)CC1CC1. The lowest BCUT2D eigenvalue weighted by atomic mass is 10.1. The van der Waals surface area contributed by atoms with Crippen LogP contribution in [0.1, 0.15) is 23.2 Å². The van der Waals surface area contributed by atoms with Gasteiger partial charge in [0.15, 0.2) is 0 Å². The number of rotatable bonds is 6. The predicted molar refractivity (Wildman–Crippen MR) is 75.2 cm³/mol. The van der Waals surface area contributed by atoms with Crippen LogP contribution in [-0.4, -0.2) is 30.1 Å². The van der Waals surface area contributed by atoms with Gasteiger partial charge in [-0.05, 0) is 37.0 Å². The number of hydrogen-bond donors (Lipinski definition) is 2. The molecule has 0 bridgehead atoms. The van der Waals surface area contributed by atoms with E-state index in [1.54, 1.807) is 23.1 Å². The summed E-state index contributed by atoms with van der Waals surface area (Å²) in [4.78, 5) is 24.2. The lowest BCUT2D eigenvalue weighted by Gasteiger charge is -2.25. The average molecular weight is 327 g/mol. The van der Waals surface area contributed by atoms with Gasteiger partial charge >= 0.3 is 5.97 Å². The van der Waals surface area contributed by atoms with E-state index in [4.69, 9.17) is 10.8 Å². The monoisotopic (exact) mass is 326 g/mol. The molecule has 1 saturated carbocycles. The molecule has 102 valence electrons. The highest BCUT2D eigenvalue weighted by Crippen LogP contribution is 2.33. The largest absolute Gasteiger partial charge is 0.480 e. The first kappa shape index (κ1) is 13.9. The summed E-state index contributed by atoms with van der Waals surface area (Å²) in [5, 5.41) is 9.01. The minimum Gasteiger partial charge on any atom is -0.480 e. The quantitative estimate of drug-likeness (QED) is 0.835. The maximum absolute atomic E-state index is 11.5. The van der Waals surface area contributed by atoms with E-state index in [2.05, 4.69) is 15.9 Å². The number of carboxylic acid groups (broad SMARTS) is 1. The third-order valence-corrected chi connectivity index (χ3v) is 3.56. The molecule has 0 saturated heterocycles. The summed E-state index contributed by atoms with van der Waals surface area (Å²) >= 11 is 3.34. The Balaban J connectivity index is 2.34. The number of anilines is 1. The van der Waals surface area contributed by atoms with E-state index in [1.165, 1.54) is 0 Å². The number of carbonyl (C=O) groups excluding carboxylic acids is 1. The van der Waals surface area contributed by atoms with Crippen molar-refractivity contribution < 1.29 is 14.7 Å². The van der Waals surface area contributed by atoms with Crippen molar-refractivity contribution in [2.24, 2.45) is 11.7 Å². The predicted octanol–water partition coefficient (Wildman–Crippen LogP) is 1.85. The Morgan fingerprint density at radius 1 is 1.42 bits per heavy atom. The molecule has 5 nitrogen and oxygen atoms in total. The number of carboxylic acids is 1. The Morgan fingerprint density at radius 2 is 2.11 bits per heavy atom. The molecule has 0 heterocycles. The van der Waals surface area contributed by atoms with Gasteiger partial charge in [0.1, 0.15) is 6.54 Å². The van der Waals surface area contributed by atoms with Crippen LogP contribution >= 0.6 is 15.9 Å². The first-order chi connectivity index (χ1) is 8.97. The molecule has 3 N–H and O–H groups in total. The zero-order valence-electron chi connectivity index (χ0n) is 10.3. The van der Waals surface area contributed by atoms with Crippen LogP contribution in [-0.2, 0) is 4.79 Å². The van der Waals surface area contributed by atoms with Crippen LogP contribution in [0.15, 0.2) is 22.7 Å². The summed E-state index contributed by atoms with van der Waals surface area (Å²) in [6.45, 7) is 0.510. The number of amides is 1. The third-order valence-electron chi connectivity index (χ3n) is 3.07. The Labute approximate surface area is 119 Å². The Hall–Kier alpha value is -1.56. The van der Waals surface area contributed by atoms with Crippen LogP contribution in [0.2, 0.25) is 0 Å². The summed E-state index contributed by atoms with van der Waals surface area (Å²) in [7, 11) is 0. The summed E-state index contributed by atoms with van der Waals surface area (Å²) in [6.07, 6.45) is 2.21. The first-order valence-corrected chi connectivity index (χ1v) is 6.82. The number of carbonyl (C=O) groups is 2. The maximum Gasteiger partial charge on any atom is 0.323 e. The van der Waals surface area contributed by atoms with Gasteiger partial charge in [-0.25, -0.2) is 0 Å². The van der Waals surface area contributed by atoms with E-state index in [0.717, 1.165) is 17.3 Å².